The van der Waals surface area contributed by atoms with Gasteiger partial charge in [0.2, 0.25) is 0 Å². The smallest absolute Gasteiger partial charge is 0.305 e. The average Bonchev–Trinajstić information content (AvgIpc) is 2.39. The molecule has 0 aromatic carbocycles. The molecule has 0 spiro atoms. The summed E-state index contributed by atoms with van der Waals surface area (Å²) in [5.41, 5.74) is 0. The highest BCUT2D eigenvalue weighted by atomic mass is 16.6. The molecule has 0 radical (unpaired) electrons. The first-order chi connectivity index (χ1) is 5.45. The normalized spacial score (nSPS) is 16.5. The highest BCUT2D eigenvalue weighted by molar-refractivity contribution is 5.70. The number of ether oxygens (including phenoxy) is 2. The Morgan fingerprint density at radius 2 is 2.08 bits per heavy atom. The van der Waals surface area contributed by atoms with Gasteiger partial charge in [0.1, 0.15) is 0 Å². The number of hydrogen-bond donors (Lipinski definition) is 1. The zero-order chi connectivity index (χ0) is 9.61. The molecule has 0 bridgehead atoms. The lowest BCUT2D eigenvalue weighted by Gasteiger charge is -2.12. The molecule has 0 saturated carbocycles. The van der Waals surface area contributed by atoms with Crippen LogP contribution >= 0.6 is 0 Å². The van der Waals surface area contributed by atoms with E-state index in [9.17, 15) is 4.79 Å². The van der Waals surface area contributed by atoms with Crippen LogP contribution in [0.2, 0.25) is 0 Å². The number of methoxy groups -OCH3 is 1. The van der Waals surface area contributed by atoms with E-state index in [1.165, 1.54) is 7.11 Å². The first-order valence-corrected chi connectivity index (χ1v) is 3.89. The monoisotopic (exact) mass is 176 g/mol. The average molecular weight is 176 g/mol. The number of carbonyl (C=O) groups is 1. The molecule has 4 heteroatoms. The van der Waals surface area contributed by atoms with Crippen LogP contribution in [-0.2, 0) is 14.3 Å². The standard InChI is InChI=1S/C4H6O2.C4H10O2/c5-4-2-1-3-6-4;1-4(2,5)6-3/h1-3H2;5H,1-3H3. The fourth-order valence-electron chi connectivity index (χ4n) is 0.475. The number of carbonyl (C=O) groups excluding carboxylic acids is 1. The van der Waals surface area contributed by atoms with Crippen molar-refractivity contribution >= 4 is 5.97 Å². The lowest BCUT2D eigenvalue weighted by Crippen LogP contribution is -2.20. The van der Waals surface area contributed by atoms with Crippen LogP contribution in [0, 0.1) is 0 Å². The van der Waals surface area contributed by atoms with E-state index in [1.54, 1.807) is 13.8 Å². The predicted molar refractivity (Wildman–Crippen MR) is 43.5 cm³/mol. The van der Waals surface area contributed by atoms with Crippen LogP contribution in [0.5, 0.6) is 0 Å². The highest BCUT2D eigenvalue weighted by Crippen LogP contribution is 2.01. The third kappa shape index (κ3) is 7.50. The van der Waals surface area contributed by atoms with Gasteiger partial charge < -0.3 is 14.6 Å². The summed E-state index contributed by atoms with van der Waals surface area (Å²) in [6, 6.07) is 0. The van der Waals surface area contributed by atoms with Crippen molar-refractivity contribution in [2.75, 3.05) is 13.7 Å². The first-order valence-electron chi connectivity index (χ1n) is 3.89. The van der Waals surface area contributed by atoms with Crippen LogP contribution in [0.3, 0.4) is 0 Å². The van der Waals surface area contributed by atoms with Crippen LogP contribution in [0.15, 0.2) is 0 Å². The Labute approximate surface area is 72.5 Å². The van der Waals surface area contributed by atoms with Gasteiger partial charge in [-0.25, -0.2) is 0 Å². The first kappa shape index (κ1) is 11.4. The summed E-state index contributed by atoms with van der Waals surface area (Å²) < 4.78 is 9.01. The minimum Gasteiger partial charge on any atom is -0.466 e. The largest absolute Gasteiger partial charge is 0.466 e. The SMILES string of the molecule is COC(C)(C)O.O=C1CCCO1. The summed E-state index contributed by atoms with van der Waals surface area (Å²) in [5.74, 6) is -1.00. The highest BCUT2D eigenvalue weighted by Gasteiger charge is 2.08. The topological polar surface area (TPSA) is 55.8 Å². The zero-order valence-electron chi connectivity index (χ0n) is 7.79. The van der Waals surface area contributed by atoms with E-state index in [1.807, 2.05) is 0 Å². The van der Waals surface area contributed by atoms with E-state index >= 15 is 0 Å². The van der Waals surface area contributed by atoms with Gasteiger partial charge in [-0.3, -0.25) is 4.79 Å². The molecule has 0 amide bonds. The molecule has 0 aromatic rings. The van der Waals surface area contributed by atoms with Gasteiger partial charge in [0.25, 0.3) is 0 Å². The van der Waals surface area contributed by atoms with Crippen molar-refractivity contribution in [2.45, 2.75) is 32.5 Å². The summed E-state index contributed by atoms with van der Waals surface area (Å²) in [4.78, 5) is 10.0. The van der Waals surface area contributed by atoms with Gasteiger partial charge in [-0.15, -0.1) is 0 Å². The van der Waals surface area contributed by atoms with Crippen LogP contribution in [0.1, 0.15) is 26.7 Å². The molecule has 1 fully saturated rings. The molecule has 72 valence electrons. The van der Waals surface area contributed by atoms with Gasteiger partial charge in [0.05, 0.1) is 6.61 Å². The molecule has 1 N–H and O–H groups in total. The number of aliphatic hydroxyl groups is 1. The van der Waals surface area contributed by atoms with Crippen LogP contribution < -0.4 is 0 Å². The predicted octanol–water partition coefficient (Wildman–Crippen LogP) is 0.685. The fraction of sp³-hybridized carbons (Fsp3) is 0.875. The lowest BCUT2D eigenvalue weighted by molar-refractivity contribution is -0.155. The second-order valence-corrected chi connectivity index (χ2v) is 2.97. The van der Waals surface area contributed by atoms with E-state index in [2.05, 4.69) is 9.47 Å². The molecule has 0 unspecified atom stereocenters. The van der Waals surface area contributed by atoms with Crippen LogP contribution in [0.4, 0.5) is 0 Å². The van der Waals surface area contributed by atoms with E-state index in [0.717, 1.165) is 6.42 Å². The van der Waals surface area contributed by atoms with E-state index in [-0.39, 0.29) is 5.97 Å². The third-order valence-corrected chi connectivity index (χ3v) is 1.29. The maximum Gasteiger partial charge on any atom is 0.305 e. The second-order valence-electron chi connectivity index (χ2n) is 2.97. The van der Waals surface area contributed by atoms with Gasteiger partial charge in [-0.1, -0.05) is 0 Å². The molecular weight excluding hydrogens is 160 g/mol. The quantitative estimate of drug-likeness (QED) is 0.471. The van der Waals surface area contributed by atoms with Crippen molar-refractivity contribution in [3.8, 4) is 0 Å². The fourth-order valence-corrected chi connectivity index (χ4v) is 0.475. The lowest BCUT2D eigenvalue weighted by atomic mass is 10.4. The zero-order valence-corrected chi connectivity index (χ0v) is 7.79. The summed E-state index contributed by atoms with van der Waals surface area (Å²) >= 11 is 0. The second kappa shape index (κ2) is 5.11. The van der Waals surface area contributed by atoms with Crippen molar-refractivity contribution in [3.63, 3.8) is 0 Å². The minimum absolute atomic E-state index is 0.0463. The molecule has 1 rings (SSSR count). The molecule has 12 heavy (non-hydrogen) atoms. The minimum atomic E-state index is -0.958. The molecule has 1 saturated heterocycles. The molecule has 1 heterocycles. The molecule has 1 aliphatic rings. The maximum absolute atomic E-state index is 10.0. The van der Waals surface area contributed by atoms with Gasteiger partial charge in [0, 0.05) is 13.5 Å². The molecule has 0 aromatic heterocycles. The van der Waals surface area contributed by atoms with E-state index in [4.69, 9.17) is 5.11 Å². The summed E-state index contributed by atoms with van der Waals surface area (Å²) in [5, 5.41) is 8.60. The molecule has 1 aliphatic heterocycles. The molecule has 4 nitrogen and oxygen atoms in total. The summed E-state index contributed by atoms with van der Waals surface area (Å²) in [7, 11) is 1.46. The van der Waals surface area contributed by atoms with Crippen molar-refractivity contribution in [2.24, 2.45) is 0 Å². The van der Waals surface area contributed by atoms with Gasteiger partial charge in [-0.2, -0.15) is 0 Å². The Balaban J connectivity index is 0.000000202. The Morgan fingerprint density at radius 1 is 1.58 bits per heavy atom. The number of rotatable bonds is 1. The molecular formula is C8H16O4. The van der Waals surface area contributed by atoms with Crippen LogP contribution in [0.25, 0.3) is 0 Å². The van der Waals surface area contributed by atoms with E-state index < -0.39 is 5.79 Å². The van der Waals surface area contributed by atoms with E-state index in [0.29, 0.717) is 13.0 Å². The van der Waals surface area contributed by atoms with Gasteiger partial charge >= 0.3 is 5.97 Å². The summed E-state index contributed by atoms with van der Waals surface area (Å²) in [6.07, 6.45) is 1.54. The number of cyclic esters (lactones) is 1. The van der Waals surface area contributed by atoms with Crippen molar-refractivity contribution in [3.05, 3.63) is 0 Å². The Morgan fingerprint density at radius 3 is 2.17 bits per heavy atom. The third-order valence-electron chi connectivity index (χ3n) is 1.29. The summed E-state index contributed by atoms with van der Waals surface area (Å²) in [6.45, 7) is 3.79. The Bertz CT molecular complexity index is 128. The Hall–Kier alpha value is -0.610. The van der Waals surface area contributed by atoms with Crippen molar-refractivity contribution < 1.29 is 19.4 Å². The van der Waals surface area contributed by atoms with Gasteiger partial charge in [-0.05, 0) is 20.3 Å². The van der Waals surface area contributed by atoms with Gasteiger partial charge in [0.15, 0.2) is 5.79 Å². The Kier molecular flexibility index (Phi) is 4.85. The number of hydrogen-bond acceptors (Lipinski definition) is 4. The maximum atomic E-state index is 10.0. The van der Waals surface area contributed by atoms with Crippen molar-refractivity contribution in [1.82, 2.24) is 0 Å². The van der Waals surface area contributed by atoms with Crippen LogP contribution in [-0.4, -0.2) is 30.6 Å². The molecule has 0 atom stereocenters. The molecule has 0 aliphatic carbocycles. The number of esters is 1. The van der Waals surface area contributed by atoms with Crippen molar-refractivity contribution in [1.29, 1.82) is 0 Å².